The molecule has 3 aromatic rings. The summed E-state index contributed by atoms with van der Waals surface area (Å²) in [6, 6.07) is 14.5. The SMILES string of the molecule is Cc1ccc(OCc2nnc(SCc3cccc(Br)c3)n2C)c(C)c1. The molecule has 3 rings (SSSR count). The summed E-state index contributed by atoms with van der Waals surface area (Å²) < 4.78 is 8.99. The molecule has 1 aromatic heterocycles. The molecule has 0 aliphatic carbocycles. The Morgan fingerprint density at radius 2 is 1.96 bits per heavy atom. The van der Waals surface area contributed by atoms with Gasteiger partial charge in [0.25, 0.3) is 0 Å². The molecule has 0 saturated heterocycles. The van der Waals surface area contributed by atoms with Crippen LogP contribution in [0.3, 0.4) is 0 Å². The number of hydrogen-bond donors (Lipinski definition) is 0. The molecule has 0 aliphatic heterocycles. The van der Waals surface area contributed by atoms with Crippen LogP contribution in [-0.4, -0.2) is 14.8 Å². The first-order valence-electron chi connectivity index (χ1n) is 7.98. The van der Waals surface area contributed by atoms with Gasteiger partial charge < -0.3 is 9.30 Å². The number of aryl methyl sites for hydroxylation is 2. The topological polar surface area (TPSA) is 39.9 Å². The highest BCUT2D eigenvalue weighted by Crippen LogP contribution is 2.24. The Kier molecular flexibility index (Phi) is 5.81. The fourth-order valence-electron chi connectivity index (χ4n) is 2.47. The van der Waals surface area contributed by atoms with Crippen molar-refractivity contribution in [2.24, 2.45) is 7.05 Å². The van der Waals surface area contributed by atoms with E-state index in [1.807, 2.05) is 29.8 Å². The summed E-state index contributed by atoms with van der Waals surface area (Å²) in [5.41, 5.74) is 3.61. The van der Waals surface area contributed by atoms with Gasteiger partial charge in [0.2, 0.25) is 0 Å². The predicted octanol–water partition coefficient (Wildman–Crippen LogP) is 5.07. The number of benzene rings is 2. The van der Waals surface area contributed by atoms with Crippen LogP contribution in [0, 0.1) is 13.8 Å². The summed E-state index contributed by atoms with van der Waals surface area (Å²) in [6.07, 6.45) is 0. The van der Waals surface area contributed by atoms with Gasteiger partial charge in [0.05, 0.1) is 0 Å². The summed E-state index contributed by atoms with van der Waals surface area (Å²) >= 11 is 5.17. The Morgan fingerprint density at radius 1 is 1.12 bits per heavy atom. The molecular formula is C19H20BrN3OS. The van der Waals surface area contributed by atoms with Crippen LogP contribution in [0.15, 0.2) is 52.1 Å². The van der Waals surface area contributed by atoms with E-state index in [2.05, 4.69) is 64.2 Å². The lowest BCUT2D eigenvalue weighted by Gasteiger charge is -2.09. The number of rotatable bonds is 6. The molecular weight excluding hydrogens is 398 g/mol. The molecule has 0 saturated carbocycles. The quantitative estimate of drug-likeness (QED) is 0.525. The summed E-state index contributed by atoms with van der Waals surface area (Å²) in [5.74, 6) is 2.55. The van der Waals surface area contributed by atoms with Crippen molar-refractivity contribution in [1.29, 1.82) is 0 Å². The number of ether oxygens (including phenoxy) is 1. The molecule has 0 N–H and O–H groups in total. The summed E-state index contributed by atoms with van der Waals surface area (Å²) in [7, 11) is 1.98. The van der Waals surface area contributed by atoms with Crippen LogP contribution in [-0.2, 0) is 19.4 Å². The molecule has 1 heterocycles. The summed E-state index contributed by atoms with van der Waals surface area (Å²) in [5, 5.41) is 9.44. The highest BCUT2D eigenvalue weighted by molar-refractivity contribution is 9.10. The zero-order valence-corrected chi connectivity index (χ0v) is 16.9. The molecule has 0 radical (unpaired) electrons. The van der Waals surface area contributed by atoms with Crippen molar-refractivity contribution < 1.29 is 4.74 Å². The van der Waals surface area contributed by atoms with Gasteiger partial charge in [-0.15, -0.1) is 10.2 Å². The molecule has 25 heavy (non-hydrogen) atoms. The monoisotopic (exact) mass is 417 g/mol. The largest absolute Gasteiger partial charge is 0.485 e. The Bertz CT molecular complexity index is 879. The number of aromatic nitrogens is 3. The lowest BCUT2D eigenvalue weighted by Crippen LogP contribution is -2.05. The van der Waals surface area contributed by atoms with Crippen molar-refractivity contribution in [1.82, 2.24) is 14.8 Å². The lowest BCUT2D eigenvalue weighted by atomic mass is 10.1. The van der Waals surface area contributed by atoms with Crippen LogP contribution in [0.5, 0.6) is 5.75 Å². The Labute approximate surface area is 160 Å². The van der Waals surface area contributed by atoms with E-state index in [9.17, 15) is 0 Å². The minimum atomic E-state index is 0.408. The molecule has 0 bridgehead atoms. The van der Waals surface area contributed by atoms with Gasteiger partial charge in [-0.1, -0.05) is 57.5 Å². The van der Waals surface area contributed by atoms with Gasteiger partial charge in [0.15, 0.2) is 11.0 Å². The fraction of sp³-hybridized carbons (Fsp3) is 0.263. The van der Waals surface area contributed by atoms with E-state index in [1.165, 1.54) is 11.1 Å². The maximum Gasteiger partial charge on any atom is 0.191 e. The van der Waals surface area contributed by atoms with E-state index < -0.39 is 0 Å². The van der Waals surface area contributed by atoms with Gasteiger partial charge in [-0.2, -0.15) is 0 Å². The van der Waals surface area contributed by atoms with Crippen molar-refractivity contribution >= 4 is 27.7 Å². The smallest absolute Gasteiger partial charge is 0.191 e. The molecule has 2 aromatic carbocycles. The Hall–Kier alpha value is -1.79. The molecule has 0 unspecified atom stereocenters. The first kappa shape index (κ1) is 18.0. The fourth-order valence-corrected chi connectivity index (χ4v) is 3.79. The number of thioether (sulfide) groups is 1. The van der Waals surface area contributed by atoms with Crippen LogP contribution >= 0.6 is 27.7 Å². The highest BCUT2D eigenvalue weighted by atomic mass is 79.9. The van der Waals surface area contributed by atoms with Gasteiger partial charge >= 0.3 is 0 Å². The zero-order chi connectivity index (χ0) is 17.8. The van der Waals surface area contributed by atoms with Crippen LogP contribution in [0.4, 0.5) is 0 Å². The van der Waals surface area contributed by atoms with Gasteiger partial charge in [0, 0.05) is 17.3 Å². The third kappa shape index (κ3) is 4.64. The van der Waals surface area contributed by atoms with Gasteiger partial charge in [0.1, 0.15) is 12.4 Å². The number of halogens is 1. The van der Waals surface area contributed by atoms with E-state index in [1.54, 1.807) is 11.8 Å². The van der Waals surface area contributed by atoms with Gasteiger partial charge in [-0.05, 0) is 43.2 Å². The normalized spacial score (nSPS) is 10.9. The first-order valence-corrected chi connectivity index (χ1v) is 9.76. The standard InChI is InChI=1S/C19H20BrN3OS/c1-13-7-8-17(14(2)9-13)24-11-18-21-22-19(23(18)3)25-12-15-5-4-6-16(20)10-15/h4-10H,11-12H2,1-3H3. The minimum absolute atomic E-state index is 0.408. The highest BCUT2D eigenvalue weighted by Gasteiger charge is 2.11. The third-order valence-electron chi connectivity index (χ3n) is 3.87. The Morgan fingerprint density at radius 3 is 2.72 bits per heavy atom. The second-order valence-electron chi connectivity index (χ2n) is 5.93. The number of nitrogens with zero attached hydrogens (tertiary/aromatic N) is 3. The average molecular weight is 418 g/mol. The third-order valence-corrected chi connectivity index (χ3v) is 5.45. The molecule has 0 spiro atoms. The predicted molar refractivity (Wildman–Crippen MR) is 105 cm³/mol. The molecule has 130 valence electrons. The second-order valence-corrected chi connectivity index (χ2v) is 7.79. The van der Waals surface area contributed by atoms with Crippen LogP contribution in [0.25, 0.3) is 0 Å². The molecule has 0 amide bonds. The van der Waals surface area contributed by atoms with Gasteiger partial charge in [-0.25, -0.2) is 0 Å². The zero-order valence-electron chi connectivity index (χ0n) is 14.5. The van der Waals surface area contributed by atoms with Crippen molar-refractivity contribution in [3.8, 4) is 5.75 Å². The van der Waals surface area contributed by atoms with Crippen molar-refractivity contribution in [2.75, 3.05) is 0 Å². The number of hydrogen-bond acceptors (Lipinski definition) is 4. The molecule has 0 fully saturated rings. The van der Waals surface area contributed by atoms with Crippen LogP contribution in [0.1, 0.15) is 22.5 Å². The van der Waals surface area contributed by atoms with E-state index in [0.29, 0.717) is 6.61 Å². The maximum atomic E-state index is 5.91. The maximum absolute atomic E-state index is 5.91. The van der Waals surface area contributed by atoms with Crippen molar-refractivity contribution in [3.05, 3.63) is 69.5 Å². The first-order chi connectivity index (χ1) is 12.0. The second kappa shape index (κ2) is 8.06. The minimum Gasteiger partial charge on any atom is -0.485 e. The summed E-state index contributed by atoms with van der Waals surface area (Å²) in [6.45, 7) is 4.54. The van der Waals surface area contributed by atoms with Crippen molar-refractivity contribution in [3.63, 3.8) is 0 Å². The van der Waals surface area contributed by atoms with E-state index in [4.69, 9.17) is 4.74 Å². The van der Waals surface area contributed by atoms with E-state index >= 15 is 0 Å². The summed E-state index contributed by atoms with van der Waals surface area (Å²) in [4.78, 5) is 0. The molecule has 0 aliphatic rings. The van der Waals surface area contributed by atoms with Gasteiger partial charge in [-0.3, -0.25) is 0 Å². The lowest BCUT2D eigenvalue weighted by molar-refractivity contribution is 0.288. The average Bonchev–Trinajstić information content (AvgIpc) is 2.92. The molecule has 4 nitrogen and oxygen atoms in total. The van der Waals surface area contributed by atoms with E-state index in [0.717, 1.165) is 32.5 Å². The van der Waals surface area contributed by atoms with E-state index in [-0.39, 0.29) is 0 Å². The van der Waals surface area contributed by atoms with Crippen LogP contribution in [0.2, 0.25) is 0 Å². The van der Waals surface area contributed by atoms with Crippen LogP contribution < -0.4 is 4.74 Å². The molecule has 0 atom stereocenters. The Balaban J connectivity index is 1.62. The van der Waals surface area contributed by atoms with Crippen molar-refractivity contribution in [2.45, 2.75) is 31.4 Å². The molecule has 6 heteroatoms.